The van der Waals surface area contributed by atoms with E-state index in [1.807, 2.05) is 30.3 Å². The fourth-order valence-electron chi connectivity index (χ4n) is 3.68. The lowest BCUT2D eigenvalue weighted by Crippen LogP contribution is -2.39. The van der Waals surface area contributed by atoms with Gasteiger partial charge in [0, 0.05) is 24.6 Å². The highest BCUT2D eigenvalue weighted by atomic mass is 16.5. The molecule has 1 aliphatic rings. The van der Waals surface area contributed by atoms with Crippen molar-refractivity contribution >= 4 is 5.91 Å². The summed E-state index contributed by atoms with van der Waals surface area (Å²) in [5.41, 5.74) is 3.22. The molecule has 0 spiro atoms. The van der Waals surface area contributed by atoms with Gasteiger partial charge in [-0.15, -0.1) is 0 Å². The van der Waals surface area contributed by atoms with Gasteiger partial charge in [0.1, 0.15) is 0 Å². The van der Waals surface area contributed by atoms with Crippen LogP contribution in [0.2, 0.25) is 0 Å². The van der Waals surface area contributed by atoms with Crippen LogP contribution >= 0.6 is 0 Å². The van der Waals surface area contributed by atoms with Gasteiger partial charge in [-0.3, -0.25) is 4.79 Å². The molecule has 3 nitrogen and oxygen atoms in total. The second-order valence-corrected chi connectivity index (χ2v) is 6.67. The zero-order valence-corrected chi connectivity index (χ0v) is 14.3. The van der Waals surface area contributed by atoms with Crippen molar-refractivity contribution in [2.45, 2.75) is 37.7 Å². The van der Waals surface area contributed by atoms with E-state index in [2.05, 4.69) is 29.6 Å². The van der Waals surface area contributed by atoms with Gasteiger partial charge in [-0.1, -0.05) is 55.3 Å². The van der Waals surface area contributed by atoms with Crippen molar-refractivity contribution in [1.29, 1.82) is 0 Å². The van der Waals surface area contributed by atoms with Gasteiger partial charge in [-0.25, -0.2) is 0 Å². The van der Waals surface area contributed by atoms with E-state index in [1.165, 1.54) is 18.4 Å². The van der Waals surface area contributed by atoms with Gasteiger partial charge < -0.3 is 10.1 Å². The summed E-state index contributed by atoms with van der Waals surface area (Å²) in [6.07, 6.45) is 4.75. The van der Waals surface area contributed by atoms with Crippen molar-refractivity contribution in [2.24, 2.45) is 0 Å². The van der Waals surface area contributed by atoms with Crippen LogP contribution in [0.5, 0.6) is 0 Å². The predicted octanol–water partition coefficient (Wildman–Crippen LogP) is 4.07. The number of amides is 1. The molecule has 0 unspecified atom stereocenters. The van der Waals surface area contributed by atoms with Crippen LogP contribution in [0.4, 0.5) is 0 Å². The quantitative estimate of drug-likeness (QED) is 0.870. The molecule has 1 aliphatic carbocycles. The van der Waals surface area contributed by atoms with Crippen LogP contribution < -0.4 is 5.32 Å². The standard InChI is InChI=1S/C21H25NO2/c1-24-15-17-9-11-18(12-10-17)20(23)22-16-21(13-5-6-14-21)19-7-3-2-4-8-19/h2-4,7-12H,5-6,13-16H2,1H3,(H,22,23). The molecule has 1 N–H and O–H groups in total. The van der Waals surface area contributed by atoms with Gasteiger partial charge in [0.25, 0.3) is 5.91 Å². The molecule has 0 bridgehead atoms. The third-order valence-electron chi connectivity index (χ3n) is 5.06. The molecule has 0 radical (unpaired) electrons. The highest BCUT2D eigenvalue weighted by molar-refractivity contribution is 5.94. The van der Waals surface area contributed by atoms with Crippen molar-refractivity contribution in [3.63, 3.8) is 0 Å². The molecule has 0 aromatic heterocycles. The lowest BCUT2D eigenvalue weighted by molar-refractivity contribution is 0.0943. The van der Waals surface area contributed by atoms with E-state index >= 15 is 0 Å². The minimum atomic E-state index is 0.00109. The fraction of sp³-hybridized carbons (Fsp3) is 0.381. The summed E-state index contributed by atoms with van der Waals surface area (Å²) < 4.78 is 5.10. The topological polar surface area (TPSA) is 38.3 Å². The first kappa shape index (κ1) is 16.7. The maximum Gasteiger partial charge on any atom is 0.251 e. The van der Waals surface area contributed by atoms with Crippen LogP contribution in [0, 0.1) is 0 Å². The highest BCUT2D eigenvalue weighted by Gasteiger charge is 2.35. The van der Waals surface area contributed by atoms with Crippen LogP contribution in [-0.4, -0.2) is 19.6 Å². The molecular weight excluding hydrogens is 298 g/mol. The number of hydrogen-bond acceptors (Lipinski definition) is 2. The number of carbonyl (C=O) groups is 1. The Morgan fingerprint density at radius 2 is 1.71 bits per heavy atom. The normalized spacial score (nSPS) is 16.0. The molecule has 1 saturated carbocycles. The van der Waals surface area contributed by atoms with Gasteiger partial charge in [0.2, 0.25) is 0 Å². The predicted molar refractivity (Wildman–Crippen MR) is 96.1 cm³/mol. The van der Waals surface area contributed by atoms with Crippen LogP contribution in [0.3, 0.4) is 0 Å². The molecule has 1 fully saturated rings. The summed E-state index contributed by atoms with van der Waals surface area (Å²) >= 11 is 0. The molecule has 0 aliphatic heterocycles. The number of nitrogens with one attached hydrogen (secondary N) is 1. The van der Waals surface area contributed by atoms with E-state index in [-0.39, 0.29) is 11.3 Å². The van der Waals surface area contributed by atoms with Gasteiger partial charge in [0.15, 0.2) is 0 Å². The molecule has 1 amide bonds. The zero-order valence-electron chi connectivity index (χ0n) is 14.3. The molecule has 2 aromatic rings. The number of hydrogen-bond donors (Lipinski definition) is 1. The Morgan fingerprint density at radius 3 is 2.33 bits per heavy atom. The minimum absolute atomic E-state index is 0.00109. The average molecular weight is 323 g/mol. The lowest BCUT2D eigenvalue weighted by Gasteiger charge is -2.30. The largest absolute Gasteiger partial charge is 0.380 e. The second-order valence-electron chi connectivity index (χ2n) is 6.67. The first-order valence-electron chi connectivity index (χ1n) is 8.65. The third kappa shape index (κ3) is 3.68. The van der Waals surface area contributed by atoms with E-state index in [4.69, 9.17) is 4.74 Å². The number of rotatable bonds is 6. The molecule has 24 heavy (non-hydrogen) atoms. The summed E-state index contributed by atoms with van der Waals surface area (Å²) in [4.78, 5) is 12.5. The Morgan fingerprint density at radius 1 is 1.04 bits per heavy atom. The zero-order chi connectivity index (χ0) is 16.8. The number of carbonyl (C=O) groups excluding carboxylic acids is 1. The van der Waals surface area contributed by atoms with Crippen LogP contribution in [-0.2, 0) is 16.8 Å². The Kier molecular flexibility index (Phi) is 5.31. The second kappa shape index (κ2) is 7.63. The molecule has 0 heterocycles. The van der Waals surface area contributed by atoms with Crippen LogP contribution in [0.1, 0.15) is 47.2 Å². The maximum atomic E-state index is 12.5. The van der Waals surface area contributed by atoms with E-state index in [0.717, 1.165) is 18.4 Å². The van der Waals surface area contributed by atoms with Crippen molar-refractivity contribution in [3.05, 3.63) is 71.3 Å². The average Bonchev–Trinajstić information content (AvgIpc) is 3.12. The molecule has 3 heteroatoms. The smallest absolute Gasteiger partial charge is 0.251 e. The monoisotopic (exact) mass is 323 g/mol. The maximum absolute atomic E-state index is 12.5. The number of methoxy groups -OCH3 is 1. The number of ether oxygens (including phenoxy) is 1. The molecule has 2 aromatic carbocycles. The summed E-state index contributed by atoms with van der Waals surface area (Å²) in [7, 11) is 1.67. The summed E-state index contributed by atoms with van der Waals surface area (Å²) in [6, 6.07) is 18.2. The van der Waals surface area contributed by atoms with E-state index in [9.17, 15) is 4.79 Å². The molecule has 0 atom stereocenters. The van der Waals surface area contributed by atoms with Crippen molar-refractivity contribution < 1.29 is 9.53 Å². The van der Waals surface area contributed by atoms with Crippen molar-refractivity contribution in [1.82, 2.24) is 5.32 Å². The summed E-state index contributed by atoms with van der Waals surface area (Å²) in [6.45, 7) is 1.27. The highest BCUT2D eigenvalue weighted by Crippen LogP contribution is 2.40. The summed E-state index contributed by atoms with van der Waals surface area (Å²) in [5, 5.41) is 3.16. The molecule has 126 valence electrons. The Bertz CT molecular complexity index is 658. The minimum Gasteiger partial charge on any atom is -0.380 e. The first-order chi connectivity index (χ1) is 11.7. The Labute approximate surface area is 144 Å². The van der Waals surface area contributed by atoms with Gasteiger partial charge >= 0.3 is 0 Å². The van der Waals surface area contributed by atoms with E-state index < -0.39 is 0 Å². The fourth-order valence-corrected chi connectivity index (χ4v) is 3.68. The molecule has 0 saturated heterocycles. The third-order valence-corrected chi connectivity index (χ3v) is 5.06. The molecule has 3 rings (SSSR count). The number of benzene rings is 2. The summed E-state index contributed by atoms with van der Waals surface area (Å²) in [5.74, 6) is 0.00109. The van der Waals surface area contributed by atoms with Gasteiger partial charge in [-0.2, -0.15) is 0 Å². The van der Waals surface area contributed by atoms with Crippen molar-refractivity contribution in [2.75, 3.05) is 13.7 Å². The van der Waals surface area contributed by atoms with Crippen LogP contribution in [0.25, 0.3) is 0 Å². The van der Waals surface area contributed by atoms with Crippen molar-refractivity contribution in [3.8, 4) is 0 Å². The Hall–Kier alpha value is -2.13. The van der Waals surface area contributed by atoms with Crippen LogP contribution in [0.15, 0.2) is 54.6 Å². The van der Waals surface area contributed by atoms with Gasteiger partial charge in [-0.05, 0) is 36.1 Å². The lowest BCUT2D eigenvalue weighted by atomic mass is 9.79. The molecular formula is C21H25NO2. The Balaban J connectivity index is 1.67. The first-order valence-corrected chi connectivity index (χ1v) is 8.65. The SMILES string of the molecule is COCc1ccc(C(=O)NCC2(c3ccccc3)CCCC2)cc1. The van der Waals surface area contributed by atoms with E-state index in [1.54, 1.807) is 7.11 Å². The van der Waals surface area contributed by atoms with Gasteiger partial charge in [0.05, 0.1) is 6.61 Å². The van der Waals surface area contributed by atoms with E-state index in [0.29, 0.717) is 18.7 Å².